The number of aliphatic hydroxyl groups excluding tert-OH is 1. The summed E-state index contributed by atoms with van der Waals surface area (Å²) in [5.74, 6) is 0.947. The van der Waals surface area contributed by atoms with Crippen LogP contribution < -0.4 is 14.8 Å². The zero-order valence-electron chi connectivity index (χ0n) is 16.9. The maximum atomic E-state index is 12.9. The Balaban J connectivity index is 1.54. The molecule has 2 aromatic carbocycles. The first-order valence-electron chi connectivity index (χ1n) is 9.64. The number of amides is 3. The van der Waals surface area contributed by atoms with Crippen molar-refractivity contribution in [1.29, 1.82) is 0 Å². The number of methoxy groups -OCH3 is 1. The van der Waals surface area contributed by atoms with E-state index >= 15 is 0 Å². The third kappa shape index (κ3) is 5.23. The molecule has 2 atom stereocenters. The minimum Gasteiger partial charge on any atom is -0.497 e. The van der Waals surface area contributed by atoms with Crippen molar-refractivity contribution in [3.05, 3.63) is 59.1 Å². The van der Waals surface area contributed by atoms with Crippen LogP contribution in [0.3, 0.4) is 0 Å². The molecule has 0 aromatic heterocycles. The van der Waals surface area contributed by atoms with Gasteiger partial charge in [-0.1, -0.05) is 23.7 Å². The van der Waals surface area contributed by atoms with E-state index in [1.165, 1.54) is 0 Å². The van der Waals surface area contributed by atoms with E-state index in [0.29, 0.717) is 23.6 Å². The first-order valence-corrected chi connectivity index (χ1v) is 10.0. The monoisotopic (exact) mass is 432 g/mol. The van der Waals surface area contributed by atoms with Gasteiger partial charge in [0.15, 0.2) is 0 Å². The van der Waals surface area contributed by atoms with Gasteiger partial charge in [0.25, 0.3) is 5.91 Å². The number of nitrogens with zero attached hydrogens (tertiary/aromatic N) is 1. The molecule has 0 saturated carbocycles. The van der Waals surface area contributed by atoms with E-state index in [1.807, 2.05) is 24.3 Å². The van der Waals surface area contributed by atoms with Crippen molar-refractivity contribution in [1.82, 2.24) is 10.2 Å². The summed E-state index contributed by atoms with van der Waals surface area (Å²) in [6.45, 7) is 1.50. The van der Waals surface area contributed by atoms with E-state index in [2.05, 4.69) is 5.32 Å². The number of imide groups is 1. The lowest BCUT2D eigenvalue weighted by Gasteiger charge is -2.22. The van der Waals surface area contributed by atoms with Crippen molar-refractivity contribution in [2.45, 2.75) is 31.4 Å². The van der Waals surface area contributed by atoms with Crippen molar-refractivity contribution < 1.29 is 24.2 Å². The lowest BCUT2D eigenvalue weighted by Crippen LogP contribution is -2.45. The van der Waals surface area contributed by atoms with E-state index in [9.17, 15) is 14.7 Å². The van der Waals surface area contributed by atoms with Crippen LogP contribution in [-0.2, 0) is 11.2 Å². The Kier molecular flexibility index (Phi) is 6.84. The van der Waals surface area contributed by atoms with Gasteiger partial charge in [0, 0.05) is 5.02 Å². The maximum Gasteiger partial charge on any atom is 0.325 e. The fourth-order valence-electron chi connectivity index (χ4n) is 3.26. The number of hydrogen-bond donors (Lipinski definition) is 2. The first kappa shape index (κ1) is 21.9. The molecule has 1 aliphatic rings. The molecular formula is C22H25ClN2O5. The molecule has 3 amide bonds. The first-order chi connectivity index (χ1) is 14.3. The molecule has 1 heterocycles. The summed E-state index contributed by atoms with van der Waals surface area (Å²) in [7, 11) is 1.60. The Morgan fingerprint density at radius 2 is 1.73 bits per heavy atom. The van der Waals surface area contributed by atoms with Gasteiger partial charge in [-0.2, -0.15) is 0 Å². The molecule has 30 heavy (non-hydrogen) atoms. The molecule has 0 spiro atoms. The van der Waals surface area contributed by atoms with Crippen LogP contribution in [0, 0.1) is 0 Å². The average Bonchev–Trinajstić information content (AvgIpc) is 2.95. The standard InChI is InChI=1S/C22H25ClN2O5/c1-22(12-11-15-3-7-18(29-2)8-4-15)20(27)25(21(28)24-22)13-17(26)14-30-19-9-5-16(23)6-10-19/h3-10,17,26H,11-14H2,1-2H3,(H,24,28). The van der Waals surface area contributed by atoms with Gasteiger partial charge in [-0.25, -0.2) is 4.79 Å². The van der Waals surface area contributed by atoms with Crippen LogP contribution >= 0.6 is 11.6 Å². The Hall–Kier alpha value is -2.77. The molecular weight excluding hydrogens is 408 g/mol. The number of nitrogens with one attached hydrogen (secondary N) is 1. The van der Waals surface area contributed by atoms with Crippen LogP contribution in [0.2, 0.25) is 5.02 Å². The van der Waals surface area contributed by atoms with Crippen molar-refractivity contribution in [2.24, 2.45) is 0 Å². The summed E-state index contributed by atoms with van der Waals surface area (Å²) in [6, 6.07) is 13.8. The van der Waals surface area contributed by atoms with Gasteiger partial charge in [0.05, 0.1) is 13.7 Å². The number of carbonyl (C=O) groups is 2. The molecule has 1 saturated heterocycles. The number of hydrogen-bond acceptors (Lipinski definition) is 5. The summed E-state index contributed by atoms with van der Waals surface area (Å²) >= 11 is 5.83. The summed E-state index contributed by atoms with van der Waals surface area (Å²) in [5.41, 5.74) is 0.0160. The summed E-state index contributed by atoms with van der Waals surface area (Å²) in [4.78, 5) is 26.3. The number of benzene rings is 2. The third-order valence-corrected chi connectivity index (χ3v) is 5.32. The van der Waals surface area contributed by atoms with Gasteiger partial charge in [-0.05, 0) is 61.7 Å². The van der Waals surface area contributed by atoms with Crippen LogP contribution in [-0.4, -0.2) is 53.8 Å². The molecule has 0 aliphatic carbocycles. The molecule has 0 radical (unpaired) electrons. The van der Waals surface area contributed by atoms with Gasteiger partial charge in [-0.15, -0.1) is 0 Å². The predicted octanol–water partition coefficient (Wildman–Crippen LogP) is 3.03. The number of rotatable bonds is 9. The molecule has 7 nitrogen and oxygen atoms in total. The van der Waals surface area contributed by atoms with E-state index in [4.69, 9.17) is 21.1 Å². The van der Waals surface area contributed by atoms with E-state index in [0.717, 1.165) is 16.2 Å². The summed E-state index contributed by atoms with van der Waals surface area (Å²) in [6.07, 6.45) is 0.0414. The predicted molar refractivity (Wildman–Crippen MR) is 113 cm³/mol. The van der Waals surface area contributed by atoms with Crippen LogP contribution in [0.4, 0.5) is 4.79 Å². The number of halogens is 1. The molecule has 2 unspecified atom stereocenters. The van der Waals surface area contributed by atoms with Crippen molar-refractivity contribution in [2.75, 3.05) is 20.3 Å². The highest BCUT2D eigenvalue weighted by Gasteiger charge is 2.47. The second kappa shape index (κ2) is 9.36. The third-order valence-electron chi connectivity index (χ3n) is 5.07. The van der Waals surface area contributed by atoms with Gasteiger partial charge in [0.2, 0.25) is 0 Å². The smallest absolute Gasteiger partial charge is 0.325 e. The van der Waals surface area contributed by atoms with E-state index < -0.39 is 17.7 Å². The largest absolute Gasteiger partial charge is 0.497 e. The molecule has 1 fully saturated rings. The minimum absolute atomic E-state index is 0.0543. The van der Waals surface area contributed by atoms with Crippen molar-refractivity contribution >= 4 is 23.5 Å². The summed E-state index contributed by atoms with van der Waals surface area (Å²) in [5, 5.41) is 13.6. The van der Waals surface area contributed by atoms with Crippen molar-refractivity contribution in [3.8, 4) is 11.5 Å². The van der Waals surface area contributed by atoms with Gasteiger partial charge < -0.3 is 19.9 Å². The number of aryl methyl sites for hydroxylation is 1. The van der Waals surface area contributed by atoms with E-state index in [1.54, 1.807) is 38.3 Å². The fraction of sp³-hybridized carbons (Fsp3) is 0.364. The highest BCUT2D eigenvalue weighted by molar-refractivity contribution is 6.30. The van der Waals surface area contributed by atoms with Crippen LogP contribution in [0.15, 0.2) is 48.5 Å². The van der Waals surface area contributed by atoms with E-state index in [-0.39, 0.29) is 19.1 Å². The second-order valence-electron chi connectivity index (χ2n) is 7.44. The van der Waals surface area contributed by atoms with Gasteiger partial charge in [-0.3, -0.25) is 9.69 Å². The van der Waals surface area contributed by atoms with Crippen LogP contribution in [0.1, 0.15) is 18.9 Å². The molecule has 3 rings (SSSR count). The number of aliphatic hydroxyl groups is 1. The molecule has 2 N–H and O–H groups in total. The zero-order valence-corrected chi connectivity index (χ0v) is 17.7. The lowest BCUT2D eigenvalue weighted by molar-refractivity contribution is -0.132. The Bertz CT molecular complexity index is 887. The molecule has 0 bridgehead atoms. The van der Waals surface area contributed by atoms with Crippen LogP contribution in [0.25, 0.3) is 0 Å². The zero-order chi connectivity index (χ0) is 21.7. The van der Waals surface area contributed by atoms with Gasteiger partial charge >= 0.3 is 6.03 Å². The molecule has 2 aromatic rings. The number of urea groups is 1. The van der Waals surface area contributed by atoms with Crippen molar-refractivity contribution in [3.63, 3.8) is 0 Å². The minimum atomic E-state index is -1.02. The highest BCUT2D eigenvalue weighted by Crippen LogP contribution is 2.24. The quantitative estimate of drug-likeness (QED) is 0.594. The number of carbonyl (C=O) groups excluding carboxylic acids is 2. The van der Waals surface area contributed by atoms with Gasteiger partial charge in [0.1, 0.15) is 29.7 Å². The maximum absolute atomic E-state index is 12.9. The van der Waals surface area contributed by atoms with Crippen LogP contribution in [0.5, 0.6) is 11.5 Å². The summed E-state index contributed by atoms with van der Waals surface area (Å²) < 4.78 is 10.6. The number of β-amino-alcohol motifs (C(OH)–C–C–N with tert-alkyl or cyclic N) is 1. The highest BCUT2D eigenvalue weighted by atomic mass is 35.5. The average molecular weight is 433 g/mol. The Labute approximate surface area is 180 Å². The molecule has 160 valence electrons. The second-order valence-corrected chi connectivity index (χ2v) is 7.88. The fourth-order valence-corrected chi connectivity index (χ4v) is 3.38. The lowest BCUT2D eigenvalue weighted by atomic mass is 9.93. The topological polar surface area (TPSA) is 88.1 Å². The molecule has 8 heteroatoms. The SMILES string of the molecule is COc1ccc(CCC2(C)NC(=O)N(CC(O)COc3ccc(Cl)cc3)C2=O)cc1. The normalized spacial score (nSPS) is 19.5. The molecule has 1 aliphatic heterocycles. The number of ether oxygens (including phenoxy) is 2. The Morgan fingerprint density at radius 3 is 2.37 bits per heavy atom. The Morgan fingerprint density at radius 1 is 1.10 bits per heavy atom.